The van der Waals surface area contributed by atoms with Crippen LogP contribution in [0.5, 0.6) is 0 Å². The van der Waals surface area contributed by atoms with Gasteiger partial charge in [0.2, 0.25) is 10.0 Å². The molecule has 0 unspecified atom stereocenters. The molecule has 0 bridgehead atoms. The molecular formula is C19H26N6O2S2. The number of aromatic nitrogens is 5. The highest BCUT2D eigenvalue weighted by Gasteiger charge is 2.28. The predicted molar refractivity (Wildman–Crippen MR) is 113 cm³/mol. The van der Waals surface area contributed by atoms with E-state index in [2.05, 4.69) is 26.3 Å². The smallest absolute Gasteiger partial charge is 0.242 e. The molecule has 0 saturated heterocycles. The number of benzene rings is 1. The number of sulfonamides is 1. The van der Waals surface area contributed by atoms with Crippen molar-refractivity contribution in [2.75, 3.05) is 14.1 Å². The number of thioether (sulfide) groups is 1. The Labute approximate surface area is 175 Å². The lowest BCUT2D eigenvalue weighted by atomic mass is 10.3. The highest BCUT2D eigenvalue weighted by Crippen LogP contribution is 2.39. The third-order valence-electron chi connectivity index (χ3n) is 5.10. The van der Waals surface area contributed by atoms with Gasteiger partial charge in [-0.2, -0.15) is 0 Å². The molecule has 0 atom stereocenters. The van der Waals surface area contributed by atoms with Crippen LogP contribution in [0, 0.1) is 6.92 Å². The Morgan fingerprint density at radius 2 is 2.00 bits per heavy atom. The SMILES string of the molecule is CCCn1c(CSc2nnc(C)n2C2CC2)nc2cc(S(=O)(=O)N(C)C)ccc21. The Balaban J connectivity index is 1.67. The molecule has 4 rings (SSSR count). The van der Waals surface area contributed by atoms with Gasteiger partial charge in [-0.15, -0.1) is 10.2 Å². The zero-order valence-corrected chi connectivity index (χ0v) is 18.8. The summed E-state index contributed by atoms with van der Waals surface area (Å²) in [5, 5.41) is 9.51. The lowest BCUT2D eigenvalue weighted by Crippen LogP contribution is -2.22. The molecule has 29 heavy (non-hydrogen) atoms. The Bertz CT molecular complexity index is 1150. The van der Waals surface area contributed by atoms with Crippen molar-refractivity contribution in [1.82, 2.24) is 28.6 Å². The van der Waals surface area contributed by atoms with Gasteiger partial charge in [0.15, 0.2) is 5.16 Å². The van der Waals surface area contributed by atoms with Crippen molar-refractivity contribution < 1.29 is 8.42 Å². The molecule has 0 spiro atoms. The first kappa shape index (κ1) is 20.4. The maximum atomic E-state index is 12.5. The molecule has 3 aromatic rings. The van der Waals surface area contributed by atoms with Gasteiger partial charge in [-0.1, -0.05) is 18.7 Å². The van der Waals surface area contributed by atoms with Crippen LogP contribution in [0.4, 0.5) is 0 Å². The van der Waals surface area contributed by atoms with Gasteiger partial charge in [-0.3, -0.25) is 0 Å². The van der Waals surface area contributed by atoms with E-state index in [1.165, 1.54) is 31.2 Å². The molecule has 156 valence electrons. The predicted octanol–water partition coefficient (Wildman–Crippen LogP) is 3.22. The van der Waals surface area contributed by atoms with Crippen LogP contribution in [0.2, 0.25) is 0 Å². The number of aryl methyl sites for hydroxylation is 2. The standard InChI is InChI=1S/C19H26N6O2S2/c1-5-10-24-17-9-8-15(29(26,27)23(3)4)11-16(17)20-18(24)12-28-19-22-21-13(2)25(19)14-6-7-14/h8-9,11,14H,5-7,10,12H2,1-4H3. The van der Waals surface area contributed by atoms with Crippen LogP contribution in [-0.2, 0) is 22.3 Å². The van der Waals surface area contributed by atoms with Gasteiger partial charge in [0.05, 0.1) is 21.7 Å². The van der Waals surface area contributed by atoms with Gasteiger partial charge >= 0.3 is 0 Å². The van der Waals surface area contributed by atoms with E-state index in [1.807, 2.05) is 13.0 Å². The summed E-state index contributed by atoms with van der Waals surface area (Å²) < 4.78 is 30.6. The van der Waals surface area contributed by atoms with Gasteiger partial charge < -0.3 is 9.13 Å². The maximum Gasteiger partial charge on any atom is 0.242 e. The van der Waals surface area contributed by atoms with Crippen molar-refractivity contribution in [1.29, 1.82) is 0 Å². The van der Waals surface area contributed by atoms with Crippen molar-refractivity contribution >= 4 is 32.8 Å². The van der Waals surface area contributed by atoms with Crippen LogP contribution in [0.15, 0.2) is 28.3 Å². The first-order valence-electron chi connectivity index (χ1n) is 9.79. The second-order valence-corrected chi connectivity index (χ2v) is 10.6. The van der Waals surface area contributed by atoms with Crippen LogP contribution in [0.3, 0.4) is 0 Å². The van der Waals surface area contributed by atoms with Crippen LogP contribution >= 0.6 is 11.8 Å². The third kappa shape index (κ3) is 3.80. The highest BCUT2D eigenvalue weighted by atomic mass is 32.2. The summed E-state index contributed by atoms with van der Waals surface area (Å²) in [5.74, 6) is 2.54. The minimum absolute atomic E-state index is 0.263. The van der Waals surface area contributed by atoms with E-state index < -0.39 is 10.0 Å². The summed E-state index contributed by atoms with van der Waals surface area (Å²) in [5.41, 5.74) is 1.66. The average molecular weight is 435 g/mol. The number of imidazole rings is 1. The van der Waals surface area contributed by atoms with E-state index in [0.717, 1.165) is 35.3 Å². The second-order valence-electron chi connectivity index (χ2n) is 7.54. The Morgan fingerprint density at radius 1 is 1.24 bits per heavy atom. The fraction of sp³-hybridized carbons (Fsp3) is 0.526. The number of nitrogens with zero attached hydrogens (tertiary/aromatic N) is 6. The van der Waals surface area contributed by atoms with E-state index in [0.29, 0.717) is 17.3 Å². The quantitative estimate of drug-likeness (QED) is 0.506. The van der Waals surface area contributed by atoms with Crippen molar-refractivity contribution in [3.63, 3.8) is 0 Å². The summed E-state index contributed by atoms with van der Waals surface area (Å²) in [7, 11) is -0.414. The molecule has 0 amide bonds. The number of rotatable bonds is 8. The molecule has 0 radical (unpaired) electrons. The van der Waals surface area contributed by atoms with E-state index in [1.54, 1.807) is 23.9 Å². The molecule has 1 aliphatic carbocycles. The van der Waals surface area contributed by atoms with Gasteiger partial charge in [0.1, 0.15) is 11.6 Å². The molecule has 2 heterocycles. The Kier molecular flexibility index (Phi) is 5.43. The molecule has 1 aromatic carbocycles. The monoisotopic (exact) mass is 434 g/mol. The highest BCUT2D eigenvalue weighted by molar-refractivity contribution is 7.98. The molecule has 1 fully saturated rings. The van der Waals surface area contributed by atoms with Crippen molar-refractivity contribution in [3.05, 3.63) is 29.8 Å². The van der Waals surface area contributed by atoms with Crippen molar-refractivity contribution in [3.8, 4) is 0 Å². The van der Waals surface area contributed by atoms with E-state index in [-0.39, 0.29) is 4.90 Å². The molecule has 0 aliphatic heterocycles. The summed E-state index contributed by atoms with van der Waals surface area (Å²) in [6.07, 6.45) is 3.34. The van der Waals surface area contributed by atoms with Crippen LogP contribution in [-0.4, -0.2) is 51.1 Å². The first-order chi connectivity index (χ1) is 13.8. The van der Waals surface area contributed by atoms with Gasteiger partial charge in [-0.05, 0) is 44.4 Å². The summed E-state index contributed by atoms with van der Waals surface area (Å²) in [6.45, 7) is 4.95. The summed E-state index contributed by atoms with van der Waals surface area (Å²) >= 11 is 1.64. The maximum absolute atomic E-state index is 12.5. The molecule has 8 nitrogen and oxygen atoms in total. The van der Waals surface area contributed by atoms with E-state index >= 15 is 0 Å². The van der Waals surface area contributed by atoms with Crippen LogP contribution in [0.1, 0.15) is 43.9 Å². The second kappa shape index (κ2) is 7.73. The largest absolute Gasteiger partial charge is 0.327 e. The molecule has 1 saturated carbocycles. The lowest BCUT2D eigenvalue weighted by Gasteiger charge is -2.11. The van der Waals surface area contributed by atoms with Crippen LogP contribution in [0.25, 0.3) is 11.0 Å². The molecular weight excluding hydrogens is 408 g/mol. The topological polar surface area (TPSA) is 85.9 Å². The fourth-order valence-corrected chi connectivity index (χ4v) is 5.36. The van der Waals surface area contributed by atoms with Crippen molar-refractivity contribution in [2.45, 2.75) is 61.5 Å². The zero-order chi connectivity index (χ0) is 20.8. The minimum Gasteiger partial charge on any atom is -0.327 e. The van der Waals surface area contributed by atoms with Gasteiger partial charge in [-0.25, -0.2) is 17.7 Å². The van der Waals surface area contributed by atoms with Gasteiger partial charge in [0.25, 0.3) is 0 Å². The minimum atomic E-state index is -3.49. The zero-order valence-electron chi connectivity index (χ0n) is 17.2. The summed E-state index contributed by atoms with van der Waals surface area (Å²) in [4.78, 5) is 5.04. The third-order valence-corrected chi connectivity index (χ3v) is 7.85. The molecule has 1 aliphatic rings. The number of fused-ring (bicyclic) bond motifs is 1. The Hall–Kier alpha value is -1.91. The molecule has 0 N–H and O–H groups in total. The molecule has 10 heteroatoms. The van der Waals surface area contributed by atoms with Gasteiger partial charge in [0, 0.05) is 26.7 Å². The fourth-order valence-electron chi connectivity index (χ4n) is 3.44. The van der Waals surface area contributed by atoms with Crippen molar-refractivity contribution in [2.24, 2.45) is 0 Å². The average Bonchev–Trinajstić information content (AvgIpc) is 3.37. The van der Waals surface area contributed by atoms with E-state index in [9.17, 15) is 8.42 Å². The Morgan fingerprint density at radius 3 is 2.66 bits per heavy atom. The summed E-state index contributed by atoms with van der Waals surface area (Å²) in [6, 6.07) is 5.72. The number of hydrogen-bond acceptors (Lipinski definition) is 6. The van der Waals surface area contributed by atoms with Crippen LogP contribution < -0.4 is 0 Å². The molecule has 2 aromatic heterocycles. The first-order valence-corrected chi connectivity index (χ1v) is 12.2. The normalized spacial score (nSPS) is 14.9. The van der Waals surface area contributed by atoms with E-state index in [4.69, 9.17) is 4.98 Å². The number of hydrogen-bond donors (Lipinski definition) is 0. The lowest BCUT2D eigenvalue weighted by molar-refractivity contribution is 0.521.